The van der Waals surface area contributed by atoms with Gasteiger partial charge in [0.15, 0.2) is 0 Å². The van der Waals surface area contributed by atoms with Gasteiger partial charge >= 0.3 is 0 Å². The Kier molecular flexibility index (Phi) is 3.69. The Hall–Kier alpha value is -1.06. The van der Waals surface area contributed by atoms with Gasteiger partial charge in [-0.3, -0.25) is 0 Å². The number of ether oxygens (including phenoxy) is 2. The van der Waals surface area contributed by atoms with Crippen molar-refractivity contribution in [3.8, 4) is 5.75 Å². The summed E-state index contributed by atoms with van der Waals surface area (Å²) in [6, 6.07) is 6.43. The zero-order valence-corrected chi connectivity index (χ0v) is 10.7. The third kappa shape index (κ3) is 2.17. The molecule has 0 radical (unpaired) electrons. The Labute approximate surface area is 103 Å². The van der Waals surface area contributed by atoms with Crippen LogP contribution in [0, 0.1) is 0 Å². The zero-order chi connectivity index (χ0) is 12.3. The summed E-state index contributed by atoms with van der Waals surface area (Å²) in [7, 11) is 1.72. The molecule has 1 heterocycles. The highest BCUT2D eigenvalue weighted by molar-refractivity contribution is 5.44. The molecule has 1 aromatic carbocycles. The fourth-order valence-corrected chi connectivity index (χ4v) is 2.45. The van der Waals surface area contributed by atoms with E-state index in [0.29, 0.717) is 6.54 Å². The third-order valence-electron chi connectivity index (χ3n) is 3.62. The molecule has 1 saturated heterocycles. The minimum Gasteiger partial charge on any atom is -0.496 e. The predicted molar refractivity (Wildman–Crippen MR) is 68.5 cm³/mol. The van der Waals surface area contributed by atoms with Gasteiger partial charge in [0, 0.05) is 11.0 Å². The Bertz CT molecular complexity index is 386. The average molecular weight is 235 g/mol. The third-order valence-corrected chi connectivity index (χ3v) is 3.62. The largest absolute Gasteiger partial charge is 0.496 e. The van der Waals surface area contributed by atoms with Crippen LogP contribution < -0.4 is 10.5 Å². The molecular weight excluding hydrogens is 214 g/mol. The number of methoxy groups -OCH3 is 1. The molecule has 0 bridgehead atoms. The van der Waals surface area contributed by atoms with E-state index >= 15 is 0 Å². The lowest BCUT2D eigenvalue weighted by molar-refractivity contribution is -0.0640. The second kappa shape index (κ2) is 5.07. The van der Waals surface area contributed by atoms with Gasteiger partial charge in [-0.2, -0.15) is 0 Å². The fourth-order valence-electron chi connectivity index (χ4n) is 2.45. The Morgan fingerprint density at radius 3 is 2.65 bits per heavy atom. The molecule has 0 unspecified atom stereocenters. The van der Waals surface area contributed by atoms with E-state index in [2.05, 4.69) is 25.1 Å². The van der Waals surface area contributed by atoms with Crippen molar-refractivity contribution in [1.82, 2.24) is 0 Å². The minimum atomic E-state index is 0.0747. The first-order valence-corrected chi connectivity index (χ1v) is 6.21. The molecule has 1 aromatic rings. The summed E-state index contributed by atoms with van der Waals surface area (Å²) >= 11 is 0. The first-order valence-electron chi connectivity index (χ1n) is 6.21. The smallest absolute Gasteiger partial charge is 0.122 e. The van der Waals surface area contributed by atoms with E-state index in [4.69, 9.17) is 15.2 Å². The minimum absolute atomic E-state index is 0.0747. The van der Waals surface area contributed by atoms with Crippen LogP contribution in [0.3, 0.4) is 0 Å². The van der Waals surface area contributed by atoms with Crippen molar-refractivity contribution >= 4 is 0 Å². The molecule has 0 spiro atoms. The van der Waals surface area contributed by atoms with Gasteiger partial charge in [0.05, 0.1) is 20.3 Å². The molecule has 0 aromatic heterocycles. The van der Waals surface area contributed by atoms with E-state index < -0.39 is 0 Å². The monoisotopic (exact) mass is 235 g/mol. The van der Waals surface area contributed by atoms with Gasteiger partial charge in [0.2, 0.25) is 0 Å². The van der Waals surface area contributed by atoms with Crippen LogP contribution in [-0.4, -0.2) is 26.9 Å². The van der Waals surface area contributed by atoms with Gasteiger partial charge in [-0.15, -0.1) is 0 Å². The number of hydrogen-bond acceptors (Lipinski definition) is 3. The van der Waals surface area contributed by atoms with Gasteiger partial charge in [-0.25, -0.2) is 0 Å². The van der Waals surface area contributed by atoms with Crippen LogP contribution in [-0.2, 0) is 16.6 Å². The van der Waals surface area contributed by atoms with Crippen molar-refractivity contribution in [2.45, 2.75) is 25.2 Å². The maximum Gasteiger partial charge on any atom is 0.122 e. The highest BCUT2D eigenvalue weighted by Gasteiger charge is 2.41. The number of rotatable bonds is 5. The molecule has 1 fully saturated rings. The van der Waals surface area contributed by atoms with Gasteiger partial charge in [-0.05, 0) is 31.0 Å². The molecule has 1 aliphatic rings. The van der Waals surface area contributed by atoms with Crippen LogP contribution in [0.5, 0.6) is 5.75 Å². The molecule has 1 aliphatic heterocycles. The van der Waals surface area contributed by atoms with Gasteiger partial charge in [0.25, 0.3) is 0 Å². The Morgan fingerprint density at radius 1 is 1.41 bits per heavy atom. The van der Waals surface area contributed by atoms with Crippen molar-refractivity contribution in [1.29, 1.82) is 0 Å². The van der Waals surface area contributed by atoms with Gasteiger partial charge in [-0.1, -0.05) is 19.1 Å². The number of aryl methyl sites for hydroxylation is 1. The van der Waals surface area contributed by atoms with E-state index in [1.165, 1.54) is 11.1 Å². The second-order valence-electron chi connectivity index (χ2n) is 4.70. The summed E-state index contributed by atoms with van der Waals surface area (Å²) in [5.41, 5.74) is 8.40. The first-order chi connectivity index (χ1) is 8.25. The topological polar surface area (TPSA) is 44.5 Å². The average Bonchev–Trinajstić information content (AvgIpc) is 2.33. The maximum absolute atomic E-state index is 5.73. The highest BCUT2D eigenvalue weighted by Crippen LogP contribution is 2.40. The van der Waals surface area contributed by atoms with E-state index in [0.717, 1.165) is 31.8 Å². The van der Waals surface area contributed by atoms with Crippen LogP contribution in [0.25, 0.3) is 0 Å². The molecule has 2 rings (SSSR count). The lowest BCUT2D eigenvalue weighted by Gasteiger charge is -2.42. The van der Waals surface area contributed by atoms with E-state index in [-0.39, 0.29) is 5.41 Å². The molecule has 0 amide bonds. The van der Waals surface area contributed by atoms with Gasteiger partial charge in [0.1, 0.15) is 5.75 Å². The summed E-state index contributed by atoms with van der Waals surface area (Å²) in [6.45, 7) is 4.36. The van der Waals surface area contributed by atoms with E-state index in [9.17, 15) is 0 Å². The lowest BCUT2D eigenvalue weighted by atomic mass is 9.75. The summed E-state index contributed by atoms with van der Waals surface area (Å²) in [5, 5.41) is 0. The summed E-state index contributed by atoms with van der Waals surface area (Å²) < 4.78 is 10.9. The Balaban J connectivity index is 2.40. The molecule has 3 nitrogen and oxygen atoms in total. The quantitative estimate of drug-likeness (QED) is 0.847. The first kappa shape index (κ1) is 12.4. The number of hydrogen-bond donors (Lipinski definition) is 1. The van der Waals surface area contributed by atoms with Crippen molar-refractivity contribution in [3.05, 3.63) is 29.3 Å². The second-order valence-corrected chi connectivity index (χ2v) is 4.70. The van der Waals surface area contributed by atoms with E-state index in [1.54, 1.807) is 7.11 Å². The molecule has 3 heteroatoms. The molecule has 94 valence electrons. The molecule has 0 saturated carbocycles. The predicted octanol–water partition coefficient (Wildman–Crippen LogP) is 1.87. The van der Waals surface area contributed by atoms with Crippen LogP contribution in [0.4, 0.5) is 0 Å². The molecule has 0 aliphatic carbocycles. The van der Waals surface area contributed by atoms with Crippen LogP contribution in [0.1, 0.15) is 24.5 Å². The molecular formula is C14H21NO2. The van der Waals surface area contributed by atoms with Crippen molar-refractivity contribution in [3.63, 3.8) is 0 Å². The molecule has 2 N–H and O–H groups in total. The number of benzene rings is 1. The molecule has 0 atom stereocenters. The van der Waals surface area contributed by atoms with Crippen LogP contribution >= 0.6 is 0 Å². The highest BCUT2D eigenvalue weighted by atomic mass is 16.5. The maximum atomic E-state index is 5.73. The van der Waals surface area contributed by atoms with Gasteiger partial charge < -0.3 is 15.2 Å². The van der Waals surface area contributed by atoms with Crippen LogP contribution in [0.2, 0.25) is 0 Å². The number of nitrogens with two attached hydrogens (primary N) is 1. The van der Waals surface area contributed by atoms with Crippen molar-refractivity contribution < 1.29 is 9.47 Å². The van der Waals surface area contributed by atoms with Crippen molar-refractivity contribution in [2.24, 2.45) is 5.73 Å². The van der Waals surface area contributed by atoms with Crippen molar-refractivity contribution in [2.75, 3.05) is 26.9 Å². The van der Waals surface area contributed by atoms with E-state index in [1.807, 2.05) is 0 Å². The lowest BCUT2D eigenvalue weighted by Crippen LogP contribution is -2.48. The summed E-state index contributed by atoms with van der Waals surface area (Å²) in [5.74, 6) is 0.957. The normalized spacial score (nSPS) is 17.6. The summed E-state index contributed by atoms with van der Waals surface area (Å²) in [4.78, 5) is 0. The fraction of sp³-hybridized carbons (Fsp3) is 0.571. The Morgan fingerprint density at radius 2 is 2.18 bits per heavy atom. The standard InChI is InChI=1S/C14H21NO2/c1-3-11-4-5-13(16-2)12(8-11)14(6-7-15)9-17-10-14/h4-5,8H,3,6-7,9-10,15H2,1-2H3. The zero-order valence-electron chi connectivity index (χ0n) is 10.7. The SMILES string of the molecule is CCc1ccc(OC)c(C2(CCN)COC2)c1. The summed E-state index contributed by atoms with van der Waals surface area (Å²) in [6.07, 6.45) is 1.99. The molecule has 17 heavy (non-hydrogen) atoms. The van der Waals surface area contributed by atoms with Crippen LogP contribution in [0.15, 0.2) is 18.2 Å².